The fraction of sp³-hybridized carbons (Fsp3) is 0.429. The monoisotopic (exact) mass is 477 g/mol. The van der Waals surface area contributed by atoms with E-state index < -0.39 is 22.9 Å². The Hall–Kier alpha value is -3.25. The largest absolute Gasteiger partial charge is 0.442 e. The molecule has 0 saturated carbocycles. The average Bonchev–Trinajstić information content (AvgIpc) is 3.39. The lowest BCUT2D eigenvalue weighted by Crippen LogP contribution is -2.46. The van der Waals surface area contributed by atoms with Gasteiger partial charge in [0.25, 0.3) is 5.69 Å². The predicted molar refractivity (Wildman–Crippen MR) is 121 cm³/mol. The number of piperazine rings is 1. The molecule has 2 aliphatic heterocycles. The van der Waals surface area contributed by atoms with E-state index in [-0.39, 0.29) is 24.7 Å². The van der Waals surface area contributed by atoms with Crippen molar-refractivity contribution in [2.24, 2.45) is 0 Å². The first-order chi connectivity index (χ1) is 15.8. The van der Waals surface area contributed by atoms with Gasteiger partial charge in [0.05, 0.1) is 34.8 Å². The fourth-order valence-electron chi connectivity index (χ4n) is 3.93. The Balaban J connectivity index is 1.33. The number of thiophene rings is 1. The molecule has 1 atom stereocenters. The molecule has 176 valence electrons. The number of nitrogens with zero attached hydrogens (tertiary/aromatic N) is 4. The summed E-state index contributed by atoms with van der Waals surface area (Å²) in [6.45, 7) is 5.11. The van der Waals surface area contributed by atoms with Gasteiger partial charge in [-0.1, -0.05) is 0 Å². The van der Waals surface area contributed by atoms with Gasteiger partial charge in [0.1, 0.15) is 11.9 Å². The quantitative estimate of drug-likeness (QED) is 0.482. The molecule has 2 aliphatic rings. The molecule has 10 nitrogen and oxygen atoms in total. The standard InChI is InChI=1S/C21H24FN5O5S/c1-14(28)23-10-17-11-26(21(29)32-17)15-2-3-20(19(22)9-15)25-6-4-24(5-7-25)12-18-8-16(13-33-18)27(30)31/h2-3,8-9,13,17H,4-7,10-12H2,1H3,(H,23,28)/t17-/m0/s1. The number of ether oxygens (including phenoxy) is 1. The lowest BCUT2D eigenvalue weighted by Gasteiger charge is -2.36. The molecule has 1 aromatic carbocycles. The van der Waals surface area contributed by atoms with Crippen LogP contribution in [0.25, 0.3) is 0 Å². The molecule has 0 unspecified atom stereocenters. The number of hydrogen-bond donors (Lipinski definition) is 1. The highest BCUT2D eigenvalue weighted by molar-refractivity contribution is 7.10. The summed E-state index contributed by atoms with van der Waals surface area (Å²) >= 11 is 1.37. The maximum absolute atomic E-state index is 14.9. The molecule has 4 rings (SSSR count). The second-order valence-electron chi connectivity index (χ2n) is 7.98. The molecule has 1 N–H and O–H groups in total. The highest BCUT2D eigenvalue weighted by Gasteiger charge is 2.33. The van der Waals surface area contributed by atoms with Crippen molar-refractivity contribution in [2.45, 2.75) is 19.6 Å². The Morgan fingerprint density at radius 1 is 1.30 bits per heavy atom. The molecule has 3 heterocycles. The zero-order valence-corrected chi connectivity index (χ0v) is 18.8. The summed E-state index contributed by atoms with van der Waals surface area (Å²) in [5, 5.41) is 15.0. The molecule has 0 spiro atoms. The summed E-state index contributed by atoms with van der Waals surface area (Å²) in [5.41, 5.74) is 0.983. The van der Waals surface area contributed by atoms with Gasteiger partial charge < -0.3 is 15.0 Å². The van der Waals surface area contributed by atoms with E-state index in [0.717, 1.165) is 4.88 Å². The zero-order chi connectivity index (χ0) is 23.5. The molecular weight excluding hydrogens is 453 g/mol. The van der Waals surface area contributed by atoms with E-state index >= 15 is 0 Å². The highest BCUT2D eigenvalue weighted by atomic mass is 32.1. The van der Waals surface area contributed by atoms with Gasteiger partial charge in [-0.2, -0.15) is 0 Å². The van der Waals surface area contributed by atoms with Crippen molar-refractivity contribution in [1.29, 1.82) is 0 Å². The van der Waals surface area contributed by atoms with Crippen LogP contribution in [0.4, 0.5) is 26.2 Å². The van der Waals surface area contributed by atoms with Crippen LogP contribution in [0.1, 0.15) is 11.8 Å². The van der Waals surface area contributed by atoms with Gasteiger partial charge in [-0.05, 0) is 18.2 Å². The van der Waals surface area contributed by atoms with Gasteiger partial charge in [-0.15, -0.1) is 11.3 Å². The number of hydrogen-bond acceptors (Lipinski definition) is 8. The molecular formula is C21H24FN5O5S. The van der Waals surface area contributed by atoms with Crippen molar-refractivity contribution in [1.82, 2.24) is 10.2 Å². The Morgan fingerprint density at radius 2 is 2.06 bits per heavy atom. The van der Waals surface area contributed by atoms with Crippen LogP contribution in [0.15, 0.2) is 29.6 Å². The van der Waals surface area contributed by atoms with Crippen molar-refractivity contribution in [2.75, 3.05) is 49.1 Å². The number of nitro groups is 1. The number of benzene rings is 1. The highest BCUT2D eigenvalue weighted by Crippen LogP contribution is 2.29. The topological polar surface area (TPSA) is 108 Å². The molecule has 1 aromatic heterocycles. The molecule has 2 aromatic rings. The number of anilines is 2. The normalized spacial score (nSPS) is 19.0. The Morgan fingerprint density at radius 3 is 2.70 bits per heavy atom. The number of rotatable bonds is 7. The van der Waals surface area contributed by atoms with Crippen LogP contribution in [0.2, 0.25) is 0 Å². The van der Waals surface area contributed by atoms with Crippen LogP contribution in [0, 0.1) is 15.9 Å². The second-order valence-corrected chi connectivity index (χ2v) is 8.98. The van der Waals surface area contributed by atoms with Crippen LogP contribution in [-0.2, 0) is 16.1 Å². The van der Waals surface area contributed by atoms with E-state index in [1.54, 1.807) is 23.6 Å². The van der Waals surface area contributed by atoms with Crippen LogP contribution in [0.3, 0.4) is 0 Å². The smallest absolute Gasteiger partial charge is 0.414 e. The van der Waals surface area contributed by atoms with Gasteiger partial charge in [-0.3, -0.25) is 24.7 Å². The van der Waals surface area contributed by atoms with Crippen LogP contribution < -0.4 is 15.1 Å². The first-order valence-electron chi connectivity index (χ1n) is 10.5. The Bertz CT molecular complexity index is 1060. The summed E-state index contributed by atoms with van der Waals surface area (Å²) in [7, 11) is 0. The van der Waals surface area contributed by atoms with Gasteiger partial charge in [0.15, 0.2) is 0 Å². The molecule has 0 radical (unpaired) electrons. The third-order valence-electron chi connectivity index (χ3n) is 5.64. The summed E-state index contributed by atoms with van der Waals surface area (Å²) in [5.74, 6) is -0.635. The van der Waals surface area contributed by atoms with Gasteiger partial charge in [-0.25, -0.2) is 9.18 Å². The van der Waals surface area contributed by atoms with E-state index in [2.05, 4.69) is 10.2 Å². The predicted octanol–water partition coefficient (Wildman–Crippen LogP) is 2.58. The number of cyclic esters (lactones) is 1. The number of carbonyl (C=O) groups excluding carboxylic acids is 2. The van der Waals surface area contributed by atoms with E-state index in [0.29, 0.717) is 44.1 Å². The maximum Gasteiger partial charge on any atom is 0.414 e. The fourth-order valence-corrected chi connectivity index (χ4v) is 4.80. The first kappa shape index (κ1) is 22.9. The van der Waals surface area contributed by atoms with Gasteiger partial charge >= 0.3 is 6.09 Å². The van der Waals surface area contributed by atoms with Crippen molar-refractivity contribution < 1.29 is 23.6 Å². The van der Waals surface area contributed by atoms with Crippen molar-refractivity contribution in [3.63, 3.8) is 0 Å². The number of halogens is 1. The third kappa shape index (κ3) is 5.40. The minimum atomic E-state index is -0.570. The molecule has 2 fully saturated rings. The van der Waals surface area contributed by atoms with E-state index in [9.17, 15) is 24.1 Å². The summed E-state index contributed by atoms with van der Waals surface area (Å²) in [4.78, 5) is 40.1. The first-order valence-corrected chi connectivity index (χ1v) is 11.4. The van der Waals surface area contributed by atoms with Crippen molar-refractivity contribution >= 4 is 40.4 Å². The number of amides is 2. The number of carbonyl (C=O) groups is 2. The van der Waals surface area contributed by atoms with Crippen molar-refractivity contribution in [3.05, 3.63) is 50.5 Å². The second kappa shape index (κ2) is 9.71. The average molecular weight is 478 g/mol. The van der Waals surface area contributed by atoms with Gasteiger partial charge in [0, 0.05) is 50.6 Å². The SMILES string of the molecule is CC(=O)NC[C@H]1CN(c2ccc(N3CCN(Cc4cc([N+](=O)[O-])cs4)CC3)c(F)c2)C(=O)O1. The summed E-state index contributed by atoms with van der Waals surface area (Å²) in [6, 6.07) is 6.28. The van der Waals surface area contributed by atoms with E-state index in [1.165, 1.54) is 29.2 Å². The Labute approximate surface area is 193 Å². The van der Waals surface area contributed by atoms with Gasteiger partial charge in [0.2, 0.25) is 5.91 Å². The third-order valence-corrected chi connectivity index (χ3v) is 6.55. The maximum atomic E-state index is 14.9. The van der Waals surface area contributed by atoms with E-state index in [1.807, 2.05) is 4.90 Å². The van der Waals surface area contributed by atoms with E-state index in [4.69, 9.17) is 4.74 Å². The molecule has 2 saturated heterocycles. The molecule has 0 bridgehead atoms. The molecule has 12 heteroatoms. The summed E-state index contributed by atoms with van der Waals surface area (Å²) < 4.78 is 20.2. The Kier molecular flexibility index (Phi) is 6.75. The molecule has 2 amide bonds. The minimum Gasteiger partial charge on any atom is -0.442 e. The zero-order valence-electron chi connectivity index (χ0n) is 18.0. The lowest BCUT2D eigenvalue weighted by molar-refractivity contribution is -0.384. The van der Waals surface area contributed by atoms with Crippen LogP contribution in [-0.4, -0.2) is 67.2 Å². The number of nitrogens with one attached hydrogen (secondary N) is 1. The van der Waals surface area contributed by atoms with Crippen LogP contribution >= 0.6 is 11.3 Å². The van der Waals surface area contributed by atoms with Crippen molar-refractivity contribution in [3.8, 4) is 0 Å². The molecule has 33 heavy (non-hydrogen) atoms. The van der Waals surface area contributed by atoms with Crippen LogP contribution in [0.5, 0.6) is 0 Å². The summed E-state index contributed by atoms with van der Waals surface area (Å²) in [6.07, 6.45) is -1.05. The lowest BCUT2D eigenvalue weighted by atomic mass is 10.2. The minimum absolute atomic E-state index is 0.110. The molecule has 0 aliphatic carbocycles.